The van der Waals surface area contributed by atoms with E-state index in [9.17, 15) is 0 Å². The predicted molar refractivity (Wildman–Crippen MR) is 97.1 cm³/mol. The van der Waals surface area contributed by atoms with Crippen LogP contribution in [0.15, 0.2) is 42.5 Å². The lowest BCUT2D eigenvalue weighted by Crippen LogP contribution is -2.75. The minimum Gasteiger partial charge on any atom is -0.493 e. The monoisotopic (exact) mass is 325 g/mol. The van der Waals surface area contributed by atoms with E-state index in [4.69, 9.17) is 9.47 Å². The molecule has 0 saturated heterocycles. The van der Waals surface area contributed by atoms with Crippen LogP contribution in [0.25, 0.3) is 0 Å². The van der Waals surface area contributed by atoms with Crippen molar-refractivity contribution >= 4 is 11.5 Å². The fourth-order valence-corrected chi connectivity index (χ4v) is 3.07. The van der Waals surface area contributed by atoms with Crippen molar-refractivity contribution in [1.82, 2.24) is 0 Å². The molecule has 0 unspecified atom stereocenters. The van der Waals surface area contributed by atoms with E-state index < -0.39 is 0 Å². The van der Waals surface area contributed by atoms with Gasteiger partial charge in [-0.15, -0.1) is 0 Å². The van der Waals surface area contributed by atoms with Gasteiger partial charge in [-0.25, -0.2) is 5.32 Å². The van der Waals surface area contributed by atoms with Gasteiger partial charge in [0, 0.05) is 12.8 Å². The van der Waals surface area contributed by atoms with Gasteiger partial charge >= 0.3 is 0 Å². The largest absolute Gasteiger partial charge is 0.493 e. The molecule has 2 aromatic carbocycles. The van der Waals surface area contributed by atoms with E-state index in [1.807, 2.05) is 12.1 Å². The lowest BCUT2D eigenvalue weighted by atomic mass is 10.1. The number of aryl methyl sites for hydroxylation is 1. The second kappa shape index (κ2) is 7.86. The Bertz CT molecular complexity index is 725. The van der Waals surface area contributed by atoms with Crippen molar-refractivity contribution in [3.63, 3.8) is 0 Å². The number of nitrogens with one attached hydrogen (secondary N) is 2. The van der Waals surface area contributed by atoms with Gasteiger partial charge in [-0.1, -0.05) is 24.3 Å². The van der Waals surface area contributed by atoms with Crippen LogP contribution >= 0.6 is 0 Å². The zero-order valence-electron chi connectivity index (χ0n) is 14.4. The number of benzene rings is 2. The fraction of sp³-hybridized carbons (Fsp3) is 0.350. The molecular weight excluding hydrogens is 300 g/mol. The molecule has 0 fully saturated rings. The van der Waals surface area contributed by atoms with Crippen LogP contribution in [0.1, 0.15) is 24.0 Å². The molecule has 0 atom stereocenters. The molecule has 0 bridgehead atoms. The summed E-state index contributed by atoms with van der Waals surface area (Å²) in [6.07, 6.45) is 4.29. The number of hydrogen-bond donors (Lipinski definition) is 2. The molecule has 126 valence electrons. The van der Waals surface area contributed by atoms with Crippen LogP contribution in [0.4, 0.5) is 5.69 Å². The summed E-state index contributed by atoms with van der Waals surface area (Å²) in [5.74, 6) is 2.76. The van der Waals surface area contributed by atoms with Gasteiger partial charge in [-0.3, -0.25) is 4.99 Å². The molecule has 0 aliphatic carbocycles. The molecule has 1 aliphatic heterocycles. The number of hydrogen-bond acceptors (Lipinski definition) is 2. The van der Waals surface area contributed by atoms with Crippen LogP contribution in [0.5, 0.6) is 11.5 Å². The highest BCUT2D eigenvalue weighted by atomic mass is 16.5. The van der Waals surface area contributed by atoms with Gasteiger partial charge in [0.15, 0.2) is 11.5 Å². The van der Waals surface area contributed by atoms with Crippen LogP contribution < -0.4 is 19.8 Å². The second-order valence-corrected chi connectivity index (χ2v) is 5.98. The molecule has 0 saturated carbocycles. The van der Waals surface area contributed by atoms with Crippen LogP contribution in [-0.2, 0) is 12.8 Å². The number of amidine groups is 1. The van der Waals surface area contributed by atoms with Crippen molar-refractivity contribution in [1.29, 1.82) is 0 Å². The average molecular weight is 325 g/mol. The lowest BCUT2D eigenvalue weighted by Gasteiger charge is -2.08. The van der Waals surface area contributed by atoms with Crippen LogP contribution in [0, 0.1) is 0 Å². The Labute approximate surface area is 143 Å². The molecule has 2 N–H and O–H groups in total. The summed E-state index contributed by atoms with van der Waals surface area (Å²) in [7, 11) is 3.33. The number of rotatable bonds is 5. The number of ether oxygens (including phenoxy) is 2. The van der Waals surface area contributed by atoms with E-state index in [2.05, 4.69) is 40.6 Å². The Morgan fingerprint density at radius 3 is 2.67 bits per heavy atom. The summed E-state index contributed by atoms with van der Waals surface area (Å²) >= 11 is 0. The number of para-hydroxylation sites is 1. The van der Waals surface area contributed by atoms with Gasteiger partial charge in [0.1, 0.15) is 5.69 Å². The first-order chi connectivity index (χ1) is 11.8. The van der Waals surface area contributed by atoms with E-state index in [1.54, 1.807) is 14.2 Å². The van der Waals surface area contributed by atoms with Crippen molar-refractivity contribution in [3.8, 4) is 11.5 Å². The third kappa shape index (κ3) is 3.88. The highest BCUT2D eigenvalue weighted by Gasteiger charge is 2.16. The van der Waals surface area contributed by atoms with Crippen LogP contribution in [0.3, 0.4) is 0 Å². The van der Waals surface area contributed by atoms with Crippen LogP contribution in [-0.4, -0.2) is 26.6 Å². The SMILES string of the molecule is COc1ccc(CC[NH+]=C2CCCc3ccccc3N2)cc1OC. The van der Waals surface area contributed by atoms with Crippen molar-refractivity contribution in [2.24, 2.45) is 0 Å². The second-order valence-electron chi connectivity index (χ2n) is 5.98. The number of anilines is 1. The smallest absolute Gasteiger partial charge is 0.247 e. The Morgan fingerprint density at radius 1 is 1.00 bits per heavy atom. The molecule has 3 rings (SSSR count). The molecule has 2 aromatic rings. The summed E-state index contributed by atoms with van der Waals surface area (Å²) in [4.78, 5) is 3.55. The highest BCUT2D eigenvalue weighted by molar-refractivity contribution is 5.92. The highest BCUT2D eigenvalue weighted by Crippen LogP contribution is 2.27. The first-order valence-electron chi connectivity index (χ1n) is 8.45. The third-order valence-corrected chi connectivity index (χ3v) is 4.38. The molecule has 4 nitrogen and oxygen atoms in total. The molecule has 0 spiro atoms. The molecule has 0 aromatic heterocycles. The Hall–Kier alpha value is -2.49. The molecule has 1 heterocycles. The van der Waals surface area contributed by atoms with Crippen molar-refractivity contribution < 1.29 is 14.5 Å². The third-order valence-electron chi connectivity index (χ3n) is 4.38. The normalized spacial score (nSPS) is 15.3. The van der Waals surface area contributed by atoms with Crippen molar-refractivity contribution in [2.75, 3.05) is 26.1 Å². The van der Waals surface area contributed by atoms with Gasteiger partial charge in [0.2, 0.25) is 5.84 Å². The molecular formula is C20H25N2O2+. The van der Waals surface area contributed by atoms with E-state index in [-0.39, 0.29) is 0 Å². The first-order valence-corrected chi connectivity index (χ1v) is 8.45. The summed E-state index contributed by atoms with van der Waals surface area (Å²) in [5, 5.41) is 3.55. The maximum absolute atomic E-state index is 5.37. The minimum atomic E-state index is 0.769. The van der Waals surface area contributed by atoms with Crippen molar-refractivity contribution in [3.05, 3.63) is 53.6 Å². The molecule has 0 radical (unpaired) electrons. The van der Waals surface area contributed by atoms with Gasteiger partial charge in [-0.05, 0) is 42.2 Å². The minimum absolute atomic E-state index is 0.769. The zero-order chi connectivity index (χ0) is 16.8. The number of methoxy groups -OCH3 is 2. The van der Waals surface area contributed by atoms with Gasteiger partial charge in [0.25, 0.3) is 0 Å². The standard InChI is InChI=1S/C20H24N2O2/c1-23-18-11-10-15(14-19(18)24-2)12-13-21-20-9-5-7-16-6-3-4-8-17(16)22-20/h3-4,6,8,10-11,14H,5,7,9,12-13H2,1-2H3,(H,21,22)/p+1. The molecule has 24 heavy (non-hydrogen) atoms. The molecule has 4 heteroatoms. The molecule has 1 aliphatic rings. The fourth-order valence-electron chi connectivity index (χ4n) is 3.07. The quantitative estimate of drug-likeness (QED) is 0.885. The van der Waals surface area contributed by atoms with E-state index in [1.165, 1.54) is 29.1 Å². The van der Waals surface area contributed by atoms with Gasteiger partial charge in [0.05, 0.1) is 20.8 Å². The maximum atomic E-state index is 5.37. The number of fused-ring (bicyclic) bond motifs is 1. The summed E-state index contributed by atoms with van der Waals surface area (Å²) in [5.41, 5.74) is 3.85. The summed E-state index contributed by atoms with van der Waals surface area (Å²) in [6, 6.07) is 14.6. The maximum Gasteiger partial charge on any atom is 0.247 e. The Balaban J connectivity index is 1.64. The van der Waals surface area contributed by atoms with E-state index >= 15 is 0 Å². The summed E-state index contributed by atoms with van der Waals surface area (Å²) < 4.78 is 10.6. The van der Waals surface area contributed by atoms with E-state index in [0.717, 1.165) is 37.3 Å². The zero-order valence-corrected chi connectivity index (χ0v) is 14.4. The van der Waals surface area contributed by atoms with Gasteiger partial charge < -0.3 is 9.47 Å². The van der Waals surface area contributed by atoms with Gasteiger partial charge in [-0.2, -0.15) is 0 Å². The lowest BCUT2D eigenvalue weighted by molar-refractivity contribution is -0.457. The Morgan fingerprint density at radius 2 is 1.83 bits per heavy atom. The topological polar surface area (TPSA) is 44.5 Å². The Kier molecular flexibility index (Phi) is 5.36. The average Bonchev–Trinajstić information content (AvgIpc) is 2.83. The van der Waals surface area contributed by atoms with E-state index in [0.29, 0.717) is 0 Å². The van der Waals surface area contributed by atoms with Crippen LogP contribution in [0.2, 0.25) is 0 Å². The molecule has 0 amide bonds. The first kappa shape index (κ1) is 16.4. The summed E-state index contributed by atoms with van der Waals surface area (Å²) in [6.45, 7) is 0.889. The predicted octanol–water partition coefficient (Wildman–Crippen LogP) is 2.17. The van der Waals surface area contributed by atoms with Crippen molar-refractivity contribution in [2.45, 2.75) is 25.7 Å².